The Labute approximate surface area is 170 Å². The van der Waals surface area contributed by atoms with E-state index in [0.29, 0.717) is 11.3 Å². The molecule has 138 valence electrons. The minimum Gasteiger partial charge on any atom is -0.353 e. The summed E-state index contributed by atoms with van der Waals surface area (Å²) in [7, 11) is 0. The molecule has 0 aliphatic carbocycles. The Morgan fingerprint density at radius 1 is 1.33 bits per heavy atom. The lowest BCUT2D eigenvalue weighted by Crippen LogP contribution is -2.33. The molecule has 0 saturated heterocycles. The number of imidazole rings is 1. The molecule has 1 amide bonds. The van der Waals surface area contributed by atoms with Gasteiger partial charge in [-0.05, 0) is 41.4 Å². The van der Waals surface area contributed by atoms with E-state index in [-0.39, 0.29) is 11.9 Å². The summed E-state index contributed by atoms with van der Waals surface area (Å²) in [5.74, 6) is 0.284. The quantitative estimate of drug-likeness (QED) is 0.563. The first-order chi connectivity index (χ1) is 13.0. The lowest BCUT2D eigenvalue weighted by Gasteiger charge is -2.14. The Hall–Kier alpha value is -2.30. The van der Waals surface area contributed by atoms with Crippen LogP contribution in [0.25, 0.3) is 16.5 Å². The van der Waals surface area contributed by atoms with Crippen molar-refractivity contribution in [3.63, 3.8) is 0 Å². The van der Waals surface area contributed by atoms with Crippen LogP contribution in [0.2, 0.25) is 0 Å². The highest BCUT2D eigenvalue weighted by Crippen LogP contribution is 2.32. The molecular formula is C20H19BrN4OS. The first-order valence-electron chi connectivity index (χ1n) is 8.62. The van der Waals surface area contributed by atoms with Crippen LogP contribution in [0.3, 0.4) is 0 Å². The van der Waals surface area contributed by atoms with Crippen LogP contribution in [0, 0.1) is 11.3 Å². The van der Waals surface area contributed by atoms with E-state index in [9.17, 15) is 10.1 Å². The number of nitriles is 1. The van der Waals surface area contributed by atoms with Crippen molar-refractivity contribution in [2.75, 3.05) is 5.75 Å². The van der Waals surface area contributed by atoms with E-state index in [4.69, 9.17) is 0 Å². The molecular weight excluding hydrogens is 424 g/mol. The Morgan fingerprint density at radius 2 is 2.07 bits per heavy atom. The van der Waals surface area contributed by atoms with Crippen LogP contribution >= 0.6 is 27.7 Å². The molecule has 0 bridgehead atoms. The predicted molar refractivity (Wildman–Crippen MR) is 112 cm³/mol. The maximum Gasteiger partial charge on any atom is 0.230 e. The van der Waals surface area contributed by atoms with Gasteiger partial charge >= 0.3 is 0 Å². The van der Waals surface area contributed by atoms with Crippen LogP contribution in [-0.4, -0.2) is 27.3 Å². The molecule has 0 spiro atoms. The normalized spacial score (nSPS) is 11.9. The third-order valence-corrected chi connectivity index (χ3v) is 5.81. The first-order valence-corrected chi connectivity index (χ1v) is 10.4. The number of amides is 1. The number of carbonyl (C=O) groups is 1. The number of thioether (sulfide) groups is 1. The van der Waals surface area contributed by atoms with Crippen molar-refractivity contribution in [1.29, 1.82) is 5.26 Å². The van der Waals surface area contributed by atoms with Crippen LogP contribution in [0.15, 0.2) is 52.4 Å². The Balaban J connectivity index is 1.95. The molecule has 1 unspecified atom stereocenters. The molecule has 0 fully saturated rings. The number of aromatic nitrogens is 2. The minimum absolute atomic E-state index is 0.00953. The predicted octanol–water partition coefficient (Wildman–Crippen LogP) is 4.67. The van der Waals surface area contributed by atoms with Crippen molar-refractivity contribution in [3.8, 4) is 11.8 Å². The topological polar surface area (TPSA) is 70.7 Å². The number of rotatable bonds is 6. The molecule has 1 aromatic heterocycles. The summed E-state index contributed by atoms with van der Waals surface area (Å²) in [6.45, 7) is 4.03. The summed E-state index contributed by atoms with van der Waals surface area (Å²) in [5, 5.41) is 14.9. The summed E-state index contributed by atoms with van der Waals surface area (Å²) >= 11 is 4.94. The van der Waals surface area contributed by atoms with Gasteiger partial charge in [-0.1, -0.05) is 43.0 Å². The van der Waals surface area contributed by atoms with Gasteiger partial charge in [0.25, 0.3) is 0 Å². The summed E-state index contributed by atoms with van der Waals surface area (Å²) in [5.41, 5.74) is 1.55. The number of benzene rings is 2. The van der Waals surface area contributed by atoms with Crippen LogP contribution in [-0.2, 0) is 4.79 Å². The van der Waals surface area contributed by atoms with Gasteiger partial charge in [-0.2, -0.15) is 5.26 Å². The fourth-order valence-electron chi connectivity index (χ4n) is 2.76. The van der Waals surface area contributed by atoms with Gasteiger partial charge in [0.05, 0.1) is 29.3 Å². The van der Waals surface area contributed by atoms with Crippen molar-refractivity contribution in [3.05, 3.63) is 52.8 Å². The third-order valence-electron chi connectivity index (χ3n) is 4.30. The van der Waals surface area contributed by atoms with Crippen molar-refractivity contribution in [2.24, 2.45) is 0 Å². The highest BCUT2D eigenvalue weighted by atomic mass is 79.9. The second-order valence-corrected chi connectivity index (χ2v) is 7.91. The molecule has 3 rings (SSSR count). The Kier molecular flexibility index (Phi) is 6.19. The van der Waals surface area contributed by atoms with Crippen molar-refractivity contribution in [2.45, 2.75) is 31.5 Å². The standard InChI is InChI=1S/C20H19BrN4OS/c1-3-13(2)24-19(26)12-27-20-23-11-18(21)25(20)17-9-8-14(10-22)15-6-4-5-7-16(15)17/h4-9,11,13H,3,12H2,1-2H3,(H,24,26). The van der Waals surface area contributed by atoms with Gasteiger partial charge in [-0.25, -0.2) is 4.98 Å². The zero-order chi connectivity index (χ0) is 19.4. The van der Waals surface area contributed by atoms with E-state index in [1.165, 1.54) is 11.8 Å². The van der Waals surface area contributed by atoms with Crippen LogP contribution in [0.4, 0.5) is 0 Å². The number of nitrogens with zero attached hydrogens (tertiary/aromatic N) is 3. The monoisotopic (exact) mass is 442 g/mol. The number of fused-ring (bicyclic) bond motifs is 1. The van der Waals surface area contributed by atoms with Crippen molar-refractivity contribution in [1.82, 2.24) is 14.9 Å². The molecule has 1 atom stereocenters. The molecule has 1 N–H and O–H groups in total. The fraction of sp³-hybridized carbons (Fsp3) is 0.250. The fourth-order valence-corrected chi connectivity index (χ4v) is 4.13. The zero-order valence-corrected chi connectivity index (χ0v) is 17.5. The lowest BCUT2D eigenvalue weighted by molar-refractivity contribution is -0.119. The van der Waals surface area contributed by atoms with E-state index in [0.717, 1.165) is 32.6 Å². The number of hydrogen-bond acceptors (Lipinski definition) is 4. The smallest absolute Gasteiger partial charge is 0.230 e. The molecule has 0 radical (unpaired) electrons. The van der Waals surface area contributed by atoms with Crippen LogP contribution in [0.5, 0.6) is 0 Å². The van der Waals surface area contributed by atoms with Gasteiger partial charge in [-0.3, -0.25) is 9.36 Å². The van der Waals surface area contributed by atoms with Crippen LogP contribution < -0.4 is 5.32 Å². The number of halogens is 1. The Morgan fingerprint density at radius 3 is 2.78 bits per heavy atom. The largest absolute Gasteiger partial charge is 0.353 e. The Bertz CT molecular complexity index is 1020. The molecule has 0 aliphatic heterocycles. The summed E-state index contributed by atoms with van der Waals surface area (Å²) in [4.78, 5) is 16.6. The number of hydrogen-bond donors (Lipinski definition) is 1. The van der Waals surface area contributed by atoms with Gasteiger partial charge in [0, 0.05) is 16.8 Å². The zero-order valence-electron chi connectivity index (χ0n) is 15.1. The van der Waals surface area contributed by atoms with Gasteiger partial charge in [0.15, 0.2) is 5.16 Å². The summed E-state index contributed by atoms with van der Waals surface area (Å²) in [6, 6.07) is 13.9. The van der Waals surface area contributed by atoms with Crippen LogP contribution in [0.1, 0.15) is 25.8 Å². The minimum atomic E-state index is -0.00953. The van der Waals surface area contributed by atoms with Gasteiger partial charge in [0.2, 0.25) is 5.91 Å². The van der Waals surface area contributed by atoms with Crippen molar-refractivity contribution < 1.29 is 4.79 Å². The van der Waals surface area contributed by atoms with Gasteiger partial charge in [-0.15, -0.1) is 0 Å². The van der Waals surface area contributed by atoms with Crippen molar-refractivity contribution >= 4 is 44.4 Å². The highest BCUT2D eigenvalue weighted by Gasteiger charge is 2.16. The molecule has 2 aromatic carbocycles. The average Bonchev–Trinajstić information content (AvgIpc) is 3.05. The number of nitrogens with one attached hydrogen (secondary N) is 1. The lowest BCUT2D eigenvalue weighted by atomic mass is 10.0. The third kappa shape index (κ3) is 4.18. The second-order valence-electron chi connectivity index (χ2n) is 6.15. The van der Waals surface area contributed by atoms with Gasteiger partial charge < -0.3 is 5.32 Å². The van der Waals surface area contributed by atoms with E-state index in [1.807, 2.05) is 54.8 Å². The average molecular weight is 443 g/mol. The molecule has 7 heteroatoms. The molecule has 0 aliphatic rings. The maximum atomic E-state index is 12.1. The first kappa shape index (κ1) is 19.5. The number of carbonyl (C=O) groups excluding carboxylic acids is 1. The molecule has 27 heavy (non-hydrogen) atoms. The van der Waals surface area contributed by atoms with Gasteiger partial charge in [0.1, 0.15) is 4.60 Å². The van der Waals surface area contributed by atoms with E-state index >= 15 is 0 Å². The van der Waals surface area contributed by atoms with E-state index < -0.39 is 0 Å². The highest BCUT2D eigenvalue weighted by molar-refractivity contribution is 9.10. The SMILES string of the molecule is CCC(C)NC(=O)CSc1ncc(Br)n1-c1ccc(C#N)c2ccccc12. The summed E-state index contributed by atoms with van der Waals surface area (Å²) in [6.07, 6.45) is 2.62. The van der Waals surface area contributed by atoms with E-state index in [2.05, 4.69) is 32.3 Å². The molecule has 3 aromatic rings. The second kappa shape index (κ2) is 8.59. The molecule has 0 saturated carbocycles. The molecule has 5 nitrogen and oxygen atoms in total. The molecule has 1 heterocycles. The maximum absolute atomic E-state index is 12.1. The van der Waals surface area contributed by atoms with E-state index in [1.54, 1.807) is 6.20 Å². The summed E-state index contributed by atoms with van der Waals surface area (Å²) < 4.78 is 2.76.